The maximum absolute atomic E-state index is 9.31. The average molecular weight is 244 g/mol. The van der Waals surface area contributed by atoms with Gasteiger partial charge in [-0.15, -0.1) is 0 Å². The van der Waals surface area contributed by atoms with Gasteiger partial charge >= 0.3 is 0 Å². The van der Waals surface area contributed by atoms with Crippen LogP contribution in [-0.2, 0) is 0 Å². The highest BCUT2D eigenvalue weighted by molar-refractivity contribution is 4.73. The third kappa shape index (κ3) is 10.7. The van der Waals surface area contributed by atoms with Crippen molar-refractivity contribution in [3.8, 4) is 0 Å². The summed E-state index contributed by atoms with van der Waals surface area (Å²) in [5.74, 6) is 0. The predicted octanol–water partition coefficient (Wildman–Crippen LogP) is 2.42. The molecule has 0 aliphatic rings. The van der Waals surface area contributed by atoms with Gasteiger partial charge in [0, 0.05) is 18.6 Å². The zero-order chi connectivity index (χ0) is 13.1. The van der Waals surface area contributed by atoms with E-state index in [-0.39, 0.29) is 6.10 Å². The fraction of sp³-hybridized carbons (Fsp3) is 1.00. The first-order valence-corrected chi connectivity index (χ1v) is 7.24. The Labute approximate surface area is 107 Å². The minimum Gasteiger partial charge on any atom is -0.393 e. The van der Waals surface area contributed by atoms with Crippen LogP contribution < -0.4 is 11.1 Å². The summed E-state index contributed by atoms with van der Waals surface area (Å²) in [7, 11) is 0. The fourth-order valence-corrected chi connectivity index (χ4v) is 2.25. The van der Waals surface area contributed by atoms with Crippen molar-refractivity contribution in [3.63, 3.8) is 0 Å². The smallest absolute Gasteiger partial charge is 0.0526 e. The molecule has 3 atom stereocenters. The Balaban J connectivity index is 3.61. The van der Waals surface area contributed by atoms with Crippen LogP contribution in [0.25, 0.3) is 0 Å². The van der Waals surface area contributed by atoms with Gasteiger partial charge in [0.15, 0.2) is 0 Å². The van der Waals surface area contributed by atoms with Gasteiger partial charge in [-0.25, -0.2) is 0 Å². The van der Waals surface area contributed by atoms with E-state index in [0.29, 0.717) is 18.6 Å². The van der Waals surface area contributed by atoms with E-state index in [1.807, 2.05) is 6.92 Å². The van der Waals surface area contributed by atoms with Crippen molar-refractivity contribution in [2.45, 2.75) is 83.9 Å². The molecule has 0 aliphatic carbocycles. The average Bonchev–Trinajstić information content (AvgIpc) is 2.26. The molecule has 104 valence electrons. The monoisotopic (exact) mass is 244 g/mol. The molecule has 0 radical (unpaired) electrons. The molecular weight excluding hydrogens is 212 g/mol. The van der Waals surface area contributed by atoms with Gasteiger partial charge in [0.05, 0.1) is 6.10 Å². The molecule has 0 spiro atoms. The fourth-order valence-electron chi connectivity index (χ4n) is 2.25. The topological polar surface area (TPSA) is 58.3 Å². The van der Waals surface area contributed by atoms with Crippen LogP contribution in [0.15, 0.2) is 0 Å². The first kappa shape index (κ1) is 16.9. The van der Waals surface area contributed by atoms with Crippen molar-refractivity contribution in [3.05, 3.63) is 0 Å². The maximum Gasteiger partial charge on any atom is 0.0526 e. The summed E-state index contributed by atoms with van der Waals surface area (Å²) in [6.07, 6.45) is 8.28. The molecule has 0 aromatic carbocycles. The molecule has 0 aromatic rings. The van der Waals surface area contributed by atoms with Gasteiger partial charge in [0.1, 0.15) is 0 Å². The molecule has 17 heavy (non-hydrogen) atoms. The van der Waals surface area contributed by atoms with Crippen molar-refractivity contribution in [1.82, 2.24) is 5.32 Å². The Hall–Kier alpha value is -0.120. The number of nitrogens with one attached hydrogen (secondary N) is 1. The molecule has 4 N–H and O–H groups in total. The predicted molar refractivity (Wildman–Crippen MR) is 75.1 cm³/mol. The molecule has 0 heterocycles. The number of hydrogen-bond donors (Lipinski definition) is 3. The number of hydrogen-bond acceptors (Lipinski definition) is 3. The van der Waals surface area contributed by atoms with Crippen LogP contribution in [0.3, 0.4) is 0 Å². The second-order valence-corrected chi connectivity index (χ2v) is 5.29. The minimum absolute atomic E-state index is 0.236. The summed E-state index contributed by atoms with van der Waals surface area (Å²) in [5.41, 5.74) is 5.77. The van der Waals surface area contributed by atoms with Gasteiger partial charge in [-0.3, -0.25) is 0 Å². The van der Waals surface area contributed by atoms with Gasteiger partial charge in [0.25, 0.3) is 0 Å². The first-order valence-electron chi connectivity index (χ1n) is 7.24. The van der Waals surface area contributed by atoms with E-state index in [9.17, 15) is 5.11 Å². The number of unbranched alkanes of at least 4 members (excludes halogenated alkanes) is 4. The zero-order valence-corrected chi connectivity index (χ0v) is 11.9. The molecule has 3 heteroatoms. The van der Waals surface area contributed by atoms with E-state index in [1.165, 1.54) is 32.1 Å². The van der Waals surface area contributed by atoms with Crippen molar-refractivity contribution in [2.75, 3.05) is 6.54 Å². The van der Waals surface area contributed by atoms with Gasteiger partial charge < -0.3 is 16.2 Å². The molecule has 0 saturated heterocycles. The zero-order valence-electron chi connectivity index (χ0n) is 11.9. The van der Waals surface area contributed by atoms with Crippen LogP contribution in [0.2, 0.25) is 0 Å². The quantitative estimate of drug-likeness (QED) is 0.489. The Morgan fingerprint density at radius 3 is 2.29 bits per heavy atom. The molecule has 0 bridgehead atoms. The van der Waals surface area contributed by atoms with Gasteiger partial charge in [0.2, 0.25) is 0 Å². The lowest BCUT2D eigenvalue weighted by Crippen LogP contribution is -2.42. The molecular formula is C14H32N2O. The van der Waals surface area contributed by atoms with Gasteiger partial charge in [-0.1, -0.05) is 39.0 Å². The second-order valence-electron chi connectivity index (χ2n) is 5.29. The third-order valence-electron chi connectivity index (χ3n) is 3.16. The molecule has 0 fully saturated rings. The van der Waals surface area contributed by atoms with Gasteiger partial charge in [-0.2, -0.15) is 0 Å². The number of aliphatic hydroxyl groups excluding tert-OH is 1. The Kier molecular flexibility index (Phi) is 10.9. The summed E-state index contributed by atoms with van der Waals surface area (Å²) in [4.78, 5) is 0. The lowest BCUT2D eigenvalue weighted by molar-refractivity contribution is 0.167. The Bertz CT molecular complexity index is 162. The summed E-state index contributed by atoms with van der Waals surface area (Å²) >= 11 is 0. The lowest BCUT2D eigenvalue weighted by atomic mass is 10.0. The molecule has 3 nitrogen and oxygen atoms in total. The van der Waals surface area contributed by atoms with E-state index < -0.39 is 0 Å². The molecule has 0 amide bonds. The molecule has 0 saturated carbocycles. The van der Waals surface area contributed by atoms with Crippen LogP contribution in [0.1, 0.15) is 65.7 Å². The highest BCUT2D eigenvalue weighted by Crippen LogP contribution is 2.08. The normalized spacial score (nSPS) is 16.8. The van der Waals surface area contributed by atoms with Crippen molar-refractivity contribution in [1.29, 1.82) is 0 Å². The van der Waals surface area contributed by atoms with Crippen LogP contribution in [-0.4, -0.2) is 29.8 Å². The number of nitrogens with two attached hydrogens (primary N) is 1. The van der Waals surface area contributed by atoms with E-state index in [4.69, 9.17) is 5.73 Å². The van der Waals surface area contributed by atoms with Crippen molar-refractivity contribution in [2.24, 2.45) is 5.73 Å². The largest absolute Gasteiger partial charge is 0.393 e. The van der Waals surface area contributed by atoms with Crippen molar-refractivity contribution < 1.29 is 5.11 Å². The van der Waals surface area contributed by atoms with E-state index in [0.717, 1.165) is 12.8 Å². The summed E-state index contributed by atoms with van der Waals surface area (Å²) in [5, 5.41) is 12.8. The summed E-state index contributed by atoms with van der Waals surface area (Å²) < 4.78 is 0. The Morgan fingerprint density at radius 2 is 1.76 bits per heavy atom. The highest BCUT2D eigenvalue weighted by atomic mass is 16.3. The van der Waals surface area contributed by atoms with Gasteiger partial charge in [-0.05, 0) is 26.7 Å². The molecule has 3 unspecified atom stereocenters. The summed E-state index contributed by atoms with van der Waals surface area (Å²) in [6.45, 7) is 6.88. The van der Waals surface area contributed by atoms with E-state index in [1.54, 1.807) is 0 Å². The minimum atomic E-state index is -0.236. The molecule has 0 aliphatic heterocycles. The van der Waals surface area contributed by atoms with E-state index >= 15 is 0 Å². The maximum atomic E-state index is 9.31. The van der Waals surface area contributed by atoms with Crippen LogP contribution in [0.5, 0.6) is 0 Å². The van der Waals surface area contributed by atoms with Crippen molar-refractivity contribution >= 4 is 0 Å². The lowest BCUT2D eigenvalue weighted by Gasteiger charge is -2.23. The first-order chi connectivity index (χ1) is 8.10. The van der Waals surface area contributed by atoms with Crippen LogP contribution in [0, 0.1) is 0 Å². The number of rotatable bonds is 11. The molecule has 0 aromatic heterocycles. The van der Waals surface area contributed by atoms with Crippen LogP contribution >= 0.6 is 0 Å². The van der Waals surface area contributed by atoms with Crippen LogP contribution in [0.4, 0.5) is 0 Å². The standard InChI is InChI=1S/C14H32N2O/c1-4-5-6-7-8-9-14(11-15)16-12(2)10-13(3)17/h12-14,16-17H,4-11,15H2,1-3H3. The third-order valence-corrected chi connectivity index (χ3v) is 3.16. The SMILES string of the molecule is CCCCCCCC(CN)NC(C)CC(C)O. The second kappa shape index (κ2) is 11.0. The molecule has 0 rings (SSSR count). The highest BCUT2D eigenvalue weighted by Gasteiger charge is 2.11. The van der Waals surface area contributed by atoms with E-state index in [2.05, 4.69) is 19.2 Å². The summed E-state index contributed by atoms with van der Waals surface area (Å²) in [6, 6.07) is 0.754. The Morgan fingerprint density at radius 1 is 1.12 bits per heavy atom. The number of aliphatic hydroxyl groups is 1.